The average Bonchev–Trinajstić information content (AvgIpc) is 3.26. The number of amides is 1. The number of aromatic nitrogens is 3. The summed E-state index contributed by atoms with van der Waals surface area (Å²) in [6, 6.07) is 10.3. The lowest BCUT2D eigenvalue weighted by molar-refractivity contribution is 0.0903. The van der Waals surface area contributed by atoms with Crippen molar-refractivity contribution < 1.29 is 14.3 Å². The SMILES string of the molecule is Cc1nc(-c2ccc(C(=O)NC(C)CC(O)c3ccco3)cc2)n[nH]1. The predicted molar refractivity (Wildman–Crippen MR) is 91.8 cm³/mol. The first-order valence-electron chi connectivity index (χ1n) is 8.04. The van der Waals surface area contributed by atoms with Crippen molar-refractivity contribution in [2.24, 2.45) is 0 Å². The van der Waals surface area contributed by atoms with Crippen LogP contribution in [-0.4, -0.2) is 32.2 Å². The standard InChI is InChI=1S/C18H20N4O3/c1-11(10-15(23)16-4-3-9-25-16)19-18(24)14-7-5-13(6-8-14)17-20-12(2)21-22-17/h3-9,11,15,23H,10H2,1-2H3,(H,19,24)(H,20,21,22). The second-order valence-electron chi connectivity index (χ2n) is 5.96. The topological polar surface area (TPSA) is 104 Å². The van der Waals surface area contributed by atoms with E-state index in [-0.39, 0.29) is 11.9 Å². The molecule has 3 N–H and O–H groups in total. The summed E-state index contributed by atoms with van der Waals surface area (Å²) >= 11 is 0. The van der Waals surface area contributed by atoms with Crippen LogP contribution in [0.2, 0.25) is 0 Å². The van der Waals surface area contributed by atoms with Crippen molar-refractivity contribution in [1.82, 2.24) is 20.5 Å². The highest BCUT2D eigenvalue weighted by Crippen LogP contribution is 2.19. The Bertz CT molecular complexity index is 824. The van der Waals surface area contributed by atoms with E-state index in [0.29, 0.717) is 23.6 Å². The van der Waals surface area contributed by atoms with Gasteiger partial charge in [-0.15, -0.1) is 0 Å². The number of benzene rings is 1. The number of carbonyl (C=O) groups excluding carboxylic acids is 1. The highest BCUT2D eigenvalue weighted by Gasteiger charge is 2.17. The first kappa shape index (κ1) is 16.9. The number of nitrogens with one attached hydrogen (secondary N) is 2. The third kappa shape index (κ3) is 4.13. The van der Waals surface area contributed by atoms with Crippen molar-refractivity contribution in [3.8, 4) is 11.4 Å². The van der Waals surface area contributed by atoms with Crippen LogP contribution in [0.3, 0.4) is 0 Å². The molecule has 0 saturated heterocycles. The highest BCUT2D eigenvalue weighted by atomic mass is 16.4. The second-order valence-corrected chi connectivity index (χ2v) is 5.96. The van der Waals surface area contributed by atoms with E-state index in [1.165, 1.54) is 6.26 Å². The molecule has 130 valence electrons. The summed E-state index contributed by atoms with van der Waals surface area (Å²) in [5.74, 6) is 1.63. The lowest BCUT2D eigenvalue weighted by atomic mass is 10.1. The Morgan fingerprint density at radius 2 is 2.08 bits per heavy atom. The summed E-state index contributed by atoms with van der Waals surface area (Å²) < 4.78 is 5.17. The van der Waals surface area contributed by atoms with Gasteiger partial charge in [0.1, 0.15) is 17.7 Å². The maximum atomic E-state index is 12.3. The fraction of sp³-hybridized carbons (Fsp3) is 0.278. The van der Waals surface area contributed by atoms with Crippen LogP contribution in [0.5, 0.6) is 0 Å². The number of nitrogens with zero attached hydrogens (tertiary/aromatic N) is 2. The number of aliphatic hydroxyl groups excluding tert-OH is 1. The minimum Gasteiger partial charge on any atom is -0.467 e. The van der Waals surface area contributed by atoms with Crippen LogP contribution in [0.1, 0.15) is 41.4 Å². The van der Waals surface area contributed by atoms with Crippen LogP contribution in [0, 0.1) is 6.92 Å². The van der Waals surface area contributed by atoms with E-state index in [1.807, 2.05) is 13.8 Å². The minimum atomic E-state index is -0.748. The molecular weight excluding hydrogens is 320 g/mol. The van der Waals surface area contributed by atoms with Crippen LogP contribution in [0.4, 0.5) is 0 Å². The first-order chi connectivity index (χ1) is 12.0. The maximum absolute atomic E-state index is 12.3. The van der Waals surface area contributed by atoms with Gasteiger partial charge >= 0.3 is 0 Å². The zero-order chi connectivity index (χ0) is 17.8. The quantitative estimate of drug-likeness (QED) is 0.640. The number of furan rings is 1. The van der Waals surface area contributed by atoms with Gasteiger partial charge in [0.15, 0.2) is 5.82 Å². The monoisotopic (exact) mass is 340 g/mol. The lowest BCUT2D eigenvalue weighted by Crippen LogP contribution is -2.33. The van der Waals surface area contributed by atoms with Crippen LogP contribution in [-0.2, 0) is 0 Å². The first-order valence-corrected chi connectivity index (χ1v) is 8.04. The molecule has 7 heteroatoms. The van der Waals surface area contributed by atoms with Crippen molar-refractivity contribution >= 4 is 5.91 Å². The van der Waals surface area contributed by atoms with Gasteiger partial charge in [-0.1, -0.05) is 12.1 Å². The Kier molecular flexibility index (Phi) is 4.95. The Balaban J connectivity index is 1.59. The number of aromatic amines is 1. The largest absolute Gasteiger partial charge is 0.467 e. The number of hydrogen-bond donors (Lipinski definition) is 3. The molecule has 3 aromatic rings. The molecule has 0 bridgehead atoms. The summed E-state index contributed by atoms with van der Waals surface area (Å²) in [7, 11) is 0. The van der Waals surface area contributed by atoms with E-state index in [1.54, 1.807) is 36.4 Å². The molecule has 0 saturated carbocycles. The van der Waals surface area contributed by atoms with Crippen LogP contribution in [0.15, 0.2) is 47.1 Å². The number of H-pyrrole nitrogens is 1. The molecule has 3 rings (SSSR count). The molecule has 25 heavy (non-hydrogen) atoms. The zero-order valence-electron chi connectivity index (χ0n) is 14.1. The van der Waals surface area contributed by atoms with E-state index in [0.717, 1.165) is 11.4 Å². The molecule has 2 atom stereocenters. The van der Waals surface area contributed by atoms with Gasteiger partial charge in [-0.3, -0.25) is 9.89 Å². The smallest absolute Gasteiger partial charge is 0.251 e. The van der Waals surface area contributed by atoms with Crippen molar-refractivity contribution in [1.29, 1.82) is 0 Å². The fourth-order valence-electron chi connectivity index (χ4n) is 2.54. The third-order valence-electron chi connectivity index (χ3n) is 3.83. The van der Waals surface area contributed by atoms with Gasteiger partial charge in [0.2, 0.25) is 0 Å². The van der Waals surface area contributed by atoms with Gasteiger partial charge in [0.25, 0.3) is 5.91 Å². The third-order valence-corrected chi connectivity index (χ3v) is 3.83. The van der Waals surface area contributed by atoms with Crippen molar-refractivity contribution in [2.45, 2.75) is 32.4 Å². The molecule has 2 aromatic heterocycles. The summed E-state index contributed by atoms with van der Waals surface area (Å²) in [5.41, 5.74) is 1.37. The lowest BCUT2D eigenvalue weighted by Gasteiger charge is -2.16. The molecule has 0 fully saturated rings. The van der Waals surface area contributed by atoms with Gasteiger partial charge in [0, 0.05) is 23.6 Å². The summed E-state index contributed by atoms with van der Waals surface area (Å²) in [5, 5.41) is 19.8. The van der Waals surface area contributed by atoms with E-state index >= 15 is 0 Å². The Morgan fingerprint density at radius 1 is 1.32 bits per heavy atom. The Labute approximate surface area is 145 Å². The van der Waals surface area contributed by atoms with E-state index in [4.69, 9.17) is 4.42 Å². The molecular formula is C18H20N4O3. The zero-order valence-corrected chi connectivity index (χ0v) is 14.1. The van der Waals surface area contributed by atoms with E-state index in [2.05, 4.69) is 20.5 Å². The Morgan fingerprint density at radius 3 is 2.68 bits per heavy atom. The van der Waals surface area contributed by atoms with Crippen molar-refractivity contribution in [2.75, 3.05) is 0 Å². The van der Waals surface area contributed by atoms with Crippen LogP contribution < -0.4 is 5.32 Å². The van der Waals surface area contributed by atoms with Crippen molar-refractivity contribution in [3.05, 3.63) is 59.8 Å². The van der Waals surface area contributed by atoms with Gasteiger partial charge in [-0.05, 0) is 38.1 Å². The summed E-state index contributed by atoms with van der Waals surface area (Å²) in [6.07, 6.45) is 1.13. The molecule has 0 radical (unpaired) electrons. The molecule has 2 unspecified atom stereocenters. The molecule has 1 aromatic carbocycles. The number of aryl methyl sites for hydroxylation is 1. The number of carbonyl (C=O) groups is 1. The summed E-state index contributed by atoms with van der Waals surface area (Å²) in [4.78, 5) is 16.6. The minimum absolute atomic E-state index is 0.197. The maximum Gasteiger partial charge on any atom is 0.251 e. The Hall–Kier alpha value is -2.93. The average molecular weight is 340 g/mol. The van der Waals surface area contributed by atoms with Crippen LogP contribution >= 0.6 is 0 Å². The normalized spacial score (nSPS) is 13.4. The number of hydrogen-bond acceptors (Lipinski definition) is 5. The fourth-order valence-corrected chi connectivity index (χ4v) is 2.54. The predicted octanol–water partition coefficient (Wildman–Crippen LogP) is 2.62. The molecule has 0 aliphatic rings. The molecule has 2 heterocycles. The van der Waals surface area contributed by atoms with Gasteiger partial charge in [0.05, 0.1) is 6.26 Å². The number of aliphatic hydroxyl groups is 1. The molecule has 0 aliphatic heterocycles. The highest BCUT2D eigenvalue weighted by molar-refractivity contribution is 5.94. The van der Waals surface area contributed by atoms with Gasteiger partial charge < -0.3 is 14.8 Å². The molecule has 0 aliphatic carbocycles. The number of rotatable bonds is 6. The molecule has 0 spiro atoms. The molecule has 1 amide bonds. The molecule has 7 nitrogen and oxygen atoms in total. The van der Waals surface area contributed by atoms with Crippen molar-refractivity contribution in [3.63, 3.8) is 0 Å². The second kappa shape index (κ2) is 7.31. The van der Waals surface area contributed by atoms with Gasteiger partial charge in [-0.2, -0.15) is 5.10 Å². The van der Waals surface area contributed by atoms with Crippen LogP contribution in [0.25, 0.3) is 11.4 Å². The van der Waals surface area contributed by atoms with E-state index < -0.39 is 6.10 Å². The van der Waals surface area contributed by atoms with E-state index in [9.17, 15) is 9.90 Å². The van der Waals surface area contributed by atoms with Gasteiger partial charge in [-0.25, -0.2) is 4.98 Å². The summed E-state index contributed by atoms with van der Waals surface area (Å²) in [6.45, 7) is 3.67.